The van der Waals surface area contributed by atoms with Gasteiger partial charge in [0.2, 0.25) is 5.91 Å². The van der Waals surface area contributed by atoms with E-state index in [9.17, 15) is 9.59 Å². The maximum atomic E-state index is 13.3. The Balaban J connectivity index is 1.54. The summed E-state index contributed by atoms with van der Waals surface area (Å²) in [7, 11) is 0. The van der Waals surface area contributed by atoms with E-state index in [4.69, 9.17) is 4.98 Å². The lowest BCUT2D eigenvalue weighted by atomic mass is 9.91. The number of aromatic nitrogens is 4. The molecule has 0 spiro atoms. The summed E-state index contributed by atoms with van der Waals surface area (Å²) in [5, 5.41) is 5.09. The minimum atomic E-state index is -0.0120. The Kier molecular flexibility index (Phi) is 3.78. The van der Waals surface area contributed by atoms with E-state index in [1.165, 1.54) is 0 Å². The number of imidazole rings is 1. The second-order valence-electron chi connectivity index (χ2n) is 8.25. The van der Waals surface area contributed by atoms with Crippen molar-refractivity contribution in [2.45, 2.75) is 37.8 Å². The molecule has 3 aromatic heterocycles. The maximum absolute atomic E-state index is 13.3. The predicted octanol–water partition coefficient (Wildman–Crippen LogP) is 2.73. The third-order valence-corrected chi connectivity index (χ3v) is 6.29. The van der Waals surface area contributed by atoms with Gasteiger partial charge in [0, 0.05) is 42.7 Å². The molecule has 0 radical (unpaired) electrons. The summed E-state index contributed by atoms with van der Waals surface area (Å²) < 4.78 is 3.68. The van der Waals surface area contributed by atoms with Crippen molar-refractivity contribution in [2.24, 2.45) is 0 Å². The molecule has 1 N–H and O–H groups in total. The van der Waals surface area contributed by atoms with Gasteiger partial charge >= 0.3 is 5.69 Å². The summed E-state index contributed by atoms with van der Waals surface area (Å²) in [6, 6.07) is 10.3. The molecular formula is C23H21N5O2. The molecule has 1 atom stereocenters. The van der Waals surface area contributed by atoms with Gasteiger partial charge in [0.1, 0.15) is 0 Å². The fourth-order valence-electron chi connectivity index (χ4n) is 4.73. The summed E-state index contributed by atoms with van der Waals surface area (Å²) in [4.78, 5) is 34.3. The molecule has 1 aliphatic carbocycles. The van der Waals surface area contributed by atoms with Crippen LogP contribution in [-0.2, 0) is 11.3 Å². The lowest BCUT2D eigenvalue weighted by Gasteiger charge is -2.17. The number of nitrogens with zero attached hydrogens (tertiary/aromatic N) is 4. The second-order valence-corrected chi connectivity index (χ2v) is 8.25. The van der Waals surface area contributed by atoms with E-state index in [1.54, 1.807) is 17.0 Å². The van der Waals surface area contributed by atoms with Crippen LogP contribution in [0.25, 0.3) is 21.8 Å². The Labute approximate surface area is 172 Å². The number of fused-ring (bicyclic) bond motifs is 2. The van der Waals surface area contributed by atoms with E-state index in [2.05, 4.69) is 16.4 Å². The Morgan fingerprint density at radius 1 is 1.07 bits per heavy atom. The molecular weight excluding hydrogens is 378 g/mol. The summed E-state index contributed by atoms with van der Waals surface area (Å²) in [6.45, 7) is 0.966. The maximum Gasteiger partial charge on any atom is 0.329 e. The van der Waals surface area contributed by atoms with Crippen LogP contribution < -0.4 is 11.0 Å². The first-order chi connectivity index (χ1) is 14.7. The minimum absolute atomic E-state index is 0.0120. The SMILES string of the molecule is O=C1CC(c2c(Cn3c(=O)n(C4CC4)c4ccncc43)ncc3ccccc23)CN1. The third kappa shape index (κ3) is 2.65. The highest BCUT2D eigenvalue weighted by Gasteiger charge is 2.31. The van der Waals surface area contributed by atoms with Gasteiger partial charge in [0.05, 0.1) is 29.5 Å². The van der Waals surface area contributed by atoms with E-state index in [-0.39, 0.29) is 23.6 Å². The summed E-state index contributed by atoms with van der Waals surface area (Å²) >= 11 is 0. The zero-order chi connectivity index (χ0) is 20.2. The lowest BCUT2D eigenvalue weighted by Crippen LogP contribution is -2.25. The van der Waals surface area contributed by atoms with Crippen LogP contribution in [0.2, 0.25) is 0 Å². The van der Waals surface area contributed by atoms with Crippen molar-refractivity contribution < 1.29 is 4.79 Å². The molecule has 1 saturated carbocycles. The van der Waals surface area contributed by atoms with Crippen molar-refractivity contribution in [3.8, 4) is 0 Å². The predicted molar refractivity (Wildman–Crippen MR) is 113 cm³/mol. The van der Waals surface area contributed by atoms with Crippen molar-refractivity contribution in [3.63, 3.8) is 0 Å². The molecule has 1 aromatic carbocycles. The van der Waals surface area contributed by atoms with Crippen LogP contribution in [0.5, 0.6) is 0 Å². The average Bonchev–Trinajstić information content (AvgIpc) is 3.45. The molecule has 7 nitrogen and oxygen atoms in total. The van der Waals surface area contributed by atoms with Crippen molar-refractivity contribution >= 4 is 27.7 Å². The Hall–Kier alpha value is -3.48. The van der Waals surface area contributed by atoms with E-state index < -0.39 is 0 Å². The molecule has 1 unspecified atom stereocenters. The molecule has 1 aliphatic heterocycles. The summed E-state index contributed by atoms with van der Waals surface area (Å²) in [5.74, 6) is 0.113. The number of amides is 1. The minimum Gasteiger partial charge on any atom is -0.355 e. The molecule has 150 valence electrons. The fourth-order valence-corrected chi connectivity index (χ4v) is 4.73. The van der Waals surface area contributed by atoms with Gasteiger partial charge in [-0.25, -0.2) is 4.79 Å². The molecule has 0 bridgehead atoms. The van der Waals surface area contributed by atoms with Crippen LogP contribution in [-0.4, -0.2) is 31.6 Å². The van der Waals surface area contributed by atoms with Crippen LogP contribution in [0.15, 0.2) is 53.7 Å². The number of carbonyl (C=O) groups is 1. The number of carbonyl (C=O) groups excluding carboxylic acids is 1. The van der Waals surface area contributed by atoms with E-state index in [1.807, 2.05) is 35.0 Å². The molecule has 2 aliphatic rings. The number of hydrogen-bond acceptors (Lipinski definition) is 4. The molecule has 1 saturated heterocycles. The molecule has 1 amide bonds. The van der Waals surface area contributed by atoms with E-state index in [0.29, 0.717) is 19.5 Å². The van der Waals surface area contributed by atoms with Crippen molar-refractivity contribution in [1.29, 1.82) is 0 Å². The highest BCUT2D eigenvalue weighted by Crippen LogP contribution is 2.36. The van der Waals surface area contributed by atoms with Crippen LogP contribution in [0.4, 0.5) is 0 Å². The van der Waals surface area contributed by atoms with Crippen LogP contribution in [0.1, 0.15) is 42.5 Å². The van der Waals surface area contributed by atoms with Gasteiger partial charge in [-0.15, -0.1) is 0 Å². The van der Waals surface area contributed by atoms with Crippen LogP contribution in [0, 0.1) is 0 Å². The average molecular weight is 399 g/mol. The third-order valence-electron chi connectivity index (χ3n) is 6.29. The first-order valence-corrected chi connectivity index (χ1v) is 10.4. The zero-order valence-corrected chi connectivity index (χ0v) is 16.4. The van der Waals surface area contributed by atoms with Crippen LogP contribution in [0.3, 0.4) is 0 Å². The molecule has 30 heavy (non-hydrogen) atoms. The van der Waals surface area contributed by atoms with E-state index in [0.717, 1.165) is 45.9 Å². The number of hydrogen-bond donors (Lipinski definition) is 1. The Bertz CT molecular complexity index is 1370. The topological polar surface area (TPSA) is 81.8 Å². The van der Waals surface area contributed by atoms with Crippen LogP contribution >= 0.6 is 0 Å². The number of nitrogens with one attached hydrogen (secondary N) is 1. The highest BCUT2D eigenvalue weighted by atomic mass is 16.2. The van der Waals surface area contributed by atoms with Crippen molar-refractivity contribution in [1.82, 2.24) is 24.4 Å². The second kappa shape index (κ2) is 6.52. The van der Waals surface area contributed by atoms with Crippen molar-refractivity contribution in [3.05, 3.63) is 70.7 Å². The van der Waals surface area contributed by atoms with Gasteiger partial charge in [-0.1, -0.05) is 24.3 Å². The monoisotopic (exact) mass is 399 g/mol. The van der Waals surface area contributed by atoms with Gasteiger partial charge in [-0.05, 0) is 29.9 Å². The molecule has 6 rings (SSSR count). The molecule has 4 heterocycles. The largest absolute Gasteiger partial charge is 0.355 e. The standard InChI is InChI=1S/C23H21N5O2/c29-21-9-15(11-26-21)22-17-4-2-1-3-14(17)10-25-18(22)13-27-20-12-24-8-7-19(20)28(23(27)30)16-5-6-16/h1-4,7-8,10,12,15-16H,5-6,9,11,13H2,(H,26,29). The quantitative estimate of drug-likeness (QED) is 0.572. The summed E-state index contributed by atoms with van der Waals surface area (Å²) in [5.41, 5.74) is 3.65. The smallest absolute Gasteiger partial charge is 0.329 e. The number of pyridine rings is 2. The first-order valence-electron chi connectivity index (χ1n) is 10.4. The van der Waals surface area contributed by atoms with Gasteiger partial charge in [-0.2, -0.15) is 0 Å². The Morgan fingerprint density at radius 2 is 1.93 bits per heavy atom. The normalized spacial score (nSPS) is 18.9. The zero-order valence-electron chi connectivity index (χ0n) is 16.4. The molecule has 4 aromatic rings. The summed E-state index contributed by atoms with van der Waals surface area (Å²) in [6.07, 6.45) is 7.88. The van der Waals surface area contributed by atoms with E-state index >= 15 is 0 Å². The lowest BCUT2D eigenvalue weighted by molar-refractivity contribution is -0.119. The highest BCUT2D eigenvalue weighted by molar-refractivity contribution is 5.88. The van der Waals surface area contributed by atoms with Gasteiger partial charge in [0.15, 0.2) is 0 Å². The number of benzene rings is 1. The van der Waals surface area contributed by atoms with Gasteiger partial charge in [0.25, 0.3) is 0 Å². The van der Waals surface area contributed by atoms with Gasteiger partial charge < -0.3 is 5.32 Å². The Morgan fingerprint density at radius 3 is 2.73 bits per heavy atom. The fraction of sp³-hybridized carbons (Fsp3) is 0.304. The van der Waals surface area contributed by atoms with Gasteiger partial charge in [-0.3, -0.25) is 23.9 Å². The number of rotatable bonds is 4. The molecule has 2 fully saturated rings. The van der Waals surface area contributed by atoms with Crippen molar-refractivity contribution in [2.75, 3.05) is 6.54 Å². The first kappa shape index (κ1) is 17.4. The molecule has 7 heteroatoms.